The zero-order valence-electron chi connectivity index (χ0n) is 23.8. The first kappa shape index (κ1) is 34.2. The maximum atomic E-state index is 11.7. The highest BCUT2D eigenvalue weighted by molar-refractivity contribution is 5.69. The molecule has 0 aromatic carbocycles. The lowest BCUT2D eigenvalue weighted by Crippen LogP contribution is -2.24. The van der Waals surface area contributed by atoms with Crippen LogP contribution in [-0.4, -0.2) is 97.1 Å². The van der Waals surface area contributed by atoms with Gasteiger partial charge >= 0.3 is 5.97 Å². The van der Waals surface area contributed by atoms with E-state index in [2.05, 4.69) is 6.92 Å². The Morgan fingerprint density at radius 2 is 1.14 bits per heavy atom. The molecule has 1 fully saturated rings. The third kappa shape index (κ3) is 22.8. The van der Waals surface area contributed by atoms with Crippen LogP contribution in [0, 0.1) is 0 Å². The Morgan fingerprint density at radius 3 is 1.62 bits per heavy atom. The van der Waals surface area contributed by atoms with Crippen LogP contribution in [0.5, 0.6) is 0 Å². The third-order valence-corrected chi connectivity index (χ3v) is 5.83. The number of rotatable bonds is 27. The van der Waals surface area contributed by atoms with Gasteiger partial charge in [-0.2, -0.15) is 0 Å². The minimum absolute atomic E-state index is 0.0134. The van der Waals surface area contributed by atoms with Gasteiger partial charge in [-0.05, 0) is 20.3 Å². The normalized spacial score (nSPS) is 16.9. The Balaban J connectivity index is 1.69. The molecular weight excluding hydrogens is 480 g/mol. The maximum absolute atomic E-state index is 11.7. The van der Waals surface area contributed by atoms with Crippen LogP contribution in [-0.2, 0) is 42.7 Å². The van der Waals surface area contributed by atoms with E-state index in [1.165, 1.54) is 44.9 Å². The van der Waals surface area contributed by atoms with Crippen molar-refractivity contribution < 1.29 is 42.7 Å². The lowest BCUT2D eigenvalue weighted by Gasteiger charge is -2.17. The smallest absolute Gasteiger partial charge is 0.305 e. The highest BCUT2D eigenvalue weighted by Gasteiger charge is 2.32. The molecule has 1 heterocycles. The van der Waals surface area contributed by atoms with Crippen molar-refractivity contribution in [1.29, 1.82) is 0 Å². The first-order valence-electron chi connectivity index (χ1n) is 14.4. The molecule has 37 heavy (non-hydrogen) atoms. The lowest BCUT2D eigenvalue weighted by molar-refractivity contribution is -0.146. The summed E-state index contributed by atoms with van der Waals surface area (Å²) in [5.41, 5.74) is 0. The molecule has 9 heteroatoms. The van der Waals surface area contributed by atoms with E-state index in [1.54, 1.807) is 0 Å². The van der Waals surface area contributed by atoms with Gasteiger partial charge < -0.3 is 37.9 Å². The molecule has 0 radical (unpaired) electrons. The van der Waals surface area contributed by atoms with Crippen molar-refractivity contribution in [2.24, 2.45) is 0 Å². The summed E-state index contributed by atoms with van der Waals surface area (Å²) in [7, 11) is 0. The molecule has 0 aliphatic carbocycles. The Bertz CT molecular complexity index is 516. The van der Waals surface area contributed by atoms with Gasteiger partial charge in [0.25, 0.3) is 0 Å². The second-order valence-corrected chi connectivity index (χ2v) is 9.77. The summed E-state index contributed by atoms with van der Waals surface area (Å²) < 4.78 is 43.7. The van der Waals surface area contributed by atoms with E-state index in [1.807, 2.05) is 13.8 Å². The number of ether oxygens (including phenoxy) is 8. The summed E-state index contributed by atoms with van der Waals surface area (Å²) in [4.78, 5) is 11.7. The molecule has 0 aromatic heterocycles. The predicted octanol–water partition coefficient (Wildman–Crippen LogP) is 4.69. The minimum Gasteiger partial charge on any atom is -0.463 e. The average molecular weight is 535 g/mol. The SMILES string of the molecule is CCCCCCCCCCCC(=O)OCCOCCOCCOCCOCCOCC1COC(C)(C)O1. The Kier molecular flexibility index (Phi) is 22.4. The van der Waals surface area contributed by atoms with Gasteiger partial charge in [0.05, 0.1) is 72.7 Å². The molecule has 0 amide bonds. The topological polar surface area (TPSA) is 90.9 Å². The Hall–Kier alpha value is -0.810. The Labute approximate surface area is 225 Å². The van der Waals surface area contributed by atoms with E-state index in [0.717, 1.165) is 12.8 Å². The molecule has 9 nitrogen and oxygen atoms in total. The fourth-order valence-electron chi connectivity index (χ4n) is 3.81. The maximum Gasteiger partial charge on any atom is 0.305 e. The van der Waals surface area contributed by atoms with Crippen LogP contribution in [0.1, 0.15) is 85.0 Å². The summed E-state index contributed by atoms with van der Waals surface area (Å²) in [6, 6.07) is 0. The van der Waals surface area contributed by atoms with Gasteiger partial charge in [-0.3, -0.25) is 4.79 Å². The highest BCUT2D eigenvalue weighted by atomic mass is 16.7. The molecule has 0 spiro atoms. The van der Waals surface area contributed by atoms with E-state index < -0.39 is 5.79 Å². The van der Waals surface area contributed by atoms with Gasteiger partial charge in [0.15, 0.2) is 5.79 Å². The molecule has 0 saturated carbocycles. The number of hydrogen-bond donors (Lipinski definition) is 0. The van der Waals surface area contributed by atoms with E-state index in [0.29, 0.717) is 85.7 Å². The van der Waals surface area contributed by atoms with Gasteiger partial charge in [0.2, 0.25) is 0 Å². The van der Waals surface area contributed by atoms with Crippen molar-refractivity contribution in [3.05, 3.63) is 0 Å². The molecule has 220 valence electrons. The third-order valence-electron chi connectivity index (χ3n) is 5.83. The standard InChI is InChI=1S/C28H54O9/c1-4-5-6-7-8-9-10-11-12-13-27(29)35-23-22-33-19-18-31-15-14-30-16-17-32-20-21-34-24-26-25-36-28(2,3)37-26/h26H,4-25H2,1-3H3. The van der Waals surface area contributed by atoms with Crippen LogP contribution in [0.15, 0.2) is 0 Å². The van der Waals surface area contributed by atoms with Crippen LogP contribution < -0.4 is 0 Å². The quantitative estimate of drug-likeness (QED) is 0.110. The molecule has 1 rings (SSSR count). The van der Waals surface area contributed by atoms with Crippen LogP contribution >= 0.6 is 0 Å². The molecule has 1 atom stereocenters. The summed E-state index contributed by atoms with van der Waals surface area (Å²) in [5.74, 6) is -0.643. The zero-order valence-corrected chi connectivity index (χ0v) is 23.8. The number of carbonyl (C=O) groups is 1. The van der Waals surface area contributed by atoms with Crippen molar-refractivity contribution >= 4 is 5.97 Å². The van der Waals surface area contributed by atoms with Crippen LogP contribution in [0.25, 0.3) is 0 Å². The lowest BCUT2D eigenvalue weighted by atomic mass is 10.1. The Morgan fingerprint density at radius 1 is 0.676 bits per heavy atom. The summed E-state index contributed by atoms with van der Waals surface area (Å²) in [5, 5.41) is 0. The first-order chi connectivity index (χ1) is 18.0. The van der Waals surface area contributed by atoms with E-state index in [9.17, 15) is 4.79 Å². The number of carbonyl (C=O) groups excluding carboxylic acids is 1. The van der Waals surface area contributed by atoms with E-state index >= 15 is 0 Å². The highest BCUT2D eigenvalue weighted by Crippen LogP contribution is 2.22. The second-order valence-electron chi connectivity index (χ2n) is 9.77. The largest absolute Gasteiger partial charge is 0.463 e. The first-order valence-corrected chi connectivity index (χ1v) is 14.4. The number of hydrogen-bond acceptors (Lipinski definition) is 9. The number of unbranched alkanes of at least 4 members (excludes halogenated alkanes) is 8. The van der Waals surface area contributed by atoms with Gasteiger partial charge in [0, 0.05) is 6.42 Å². The molecule has 0 bridgehead atoms. The molecule has 1 unspecified atom stereocenters. The molecule has 1 aliphatic rings. The second kappa shape index (κ2) is 24.2. The molecule has 1 saturated heterocycles. The van der Waals surface area contributed by atoms with Crippen molar-refractivity contribution in [3.63, 3.8) is 0 Å². The van der Waals surface area contributed by atoms with Crippen molar-refractivity contribution in [2.75, 3.05) is 79.3 Å². The van der Waals surface area contributed by atoms with Crippen LogP contribution in [0.2, 0.25) is 0 Å². The van der Waals surface area contributed by atoms with Crippen LogP contribution in [0.4, 0.5) is 0 Å². The zero-order chi connectivity index (χ0) is 26.9. The molecular formula is C28H54O9. The van der Waals surface area contributed by atoms with Gasteiger partial charge in [-0.1, -0.05) is 58.3 Å². The molecule has 1 aliphatic heterocycles. The summed E-state index contributed by atoms with van der Waals surface area (Å²) >= 11 is 0. The van der Waals surface area contributed by atoms with E-state index in [4.69, 9.17) is 37.9 Å². The van der Waals surface area contributed by atoms with Crippen LogP contribution in [0.3, 0.4) is 0 Å². The summed E-state index contributed by atoms with van der Waals surface area (Å²) in [6.07, 6.45) is 11.6. The van der Waals surface area contributed by atoms with E-state index in [-0.39, 0.29) is 12.1 Å². The van der Waals surface area contributed by atoms with Crippen molar-refractivity contribution in [3.8, 4) is 0 Å². The van der Waals surface area contributed by atoms with Crippen molar-refractivity contribution in [1.82, 2.24) is 0 Å². The number of esters is 1. The minimum atomic E-state index is -0.513. The fourth-order valence-corrected chi connectivity index (χ4v) is 3.81. The average Bonchev–Trinajstić information content (AvgIpc) is 3.23. The van der Waals surface area contributed by atoms with Gasteiger partial charge in [-0.15, -0.1) is 0 Å². The van der Waals surface area contributed by atoms with Gasteiger partial charge in [0.1, 0.15) is 12.7 Å². The summed E-state index contributed by atoms with van der Waals surface area (Å²) in [6.45, 7) is 11.8. The monoisotopic (exact) mass is 534 g/mol. The van der Waals surface area contributed by atoms with Crippen molar-refractivity contribution in [2.45, 2.75) is 96.9 Å². The molecule has 0 N–H and O–H groups in total. The fraction of sp³-hybridized carbons (Fsp3) is 0.964. The van der Waals surface area contributed by atoms with Gasteiger partial charge in [-0.25, -0.2) is 0 Å². The predicted molar refractivity (Wildman–Crippen MR) is 142 cm³/mol. The molecule has 0 aromatic rings.